The summed E-state index contributed by atoms with van der Waals surface area (Å²) < 4.78 is 6.18. The van der Waals surface area contributed by atoms with Gasteiger partial charge in [0, 0.05) is 12.6 Å². The van der Waals surface area contributed by atoms with Crippen molar-refractivity contribution in [2.45, 2.75) is 44.4 Å². The Hall–Kier alpha value is -0.420. The Bertz CT molecular complexity index is 382. The van der Waals surface area contributed by atoms with Crippen molar-refractivity contribution < 1.29 is 4.74 Å². The molecule has 3 heterocycles. The van der Waals surface area contributed by atoms with Crippen molar-refractivity contribution >= 4 is 11.3 Å². The van der Waals surface area contributed by atoms with Crippen molar-refractivity contribution in [2.24, 2.45) is 0 Å². The summed E-state index contributed by atoms with van der Waals surface area (Å²) in [6, 6.07) is 3.27. The van der Waals surface area contributed by atoms with Gasteiger partial charge in [-0.25, -0.2) is 0 Å². The van der Waals surface area contributed by atoms with Gasteiger partial charge < -0.3 is 10.1 Å². The third-order valence-electron chi connectivity index (χ3n) is 4.30. The number of morpholine rings is 1. The van der Waals surface area contributed by atoms with Gasteiger partial charge in [-0.15, -0.1) is 0 Å². The van der Waals surface area contributed by atoms with Crippen LogP contribution in [-0.4, -0.2) is 43.3 Å². The van der Waals surface area contributed by atoms with Crippen LogP contribution in [0.5, 0.6) is 0 Å². The van der Waals surface area contributed by atoms with Gasteiger partial charge in [-0.1, -0.05) is 6.92 Å². The van der Waals surface area contributed by atoms with Crippen LogP contribution in [0, 0.1) is 0 Å². The van der Waals surface area contributed by atoms with Crippen molar-refractivity contribution in [1.29, 1.82) is 0 Å². The van der Waals surface area contributed by atoms with Gasteiger partial charge in [-0.2, -0.15) is 11.3 Å². The first-order valence-electron chi connectivity index (χ1n) is 7.49. The number of fused-ring (bicyclic) bond motifs is 1. The van der Waals surface area contributed by atoms with Crippen LogP contribution >= 0.6 is 11.3 Å². The third-order valence-corrected chi connectivity index (χ3v) is 5.01. The van der Waals surface area contributed by atoms with Crippen LogP contribution in [0.4, 0.5) is 0 Å². The fraction of sp³-hybridized carbons (Fsp3) is 0.733. The largest absolute Gasteiger partial charge is 0.373 e. The predicted octanol–water partition coefficient (Wildman–Crippen LogP) is 2.65. The van der Waals surface area contributed by atoms with Crippen LogP contribution in [-0.2, 0) is 4.74 Å². The minimum Gasteiger partial charge on any atom is -0.373 e. The Morgan fingerprint density at radius 2 is 2.53 bits per heavy atom. The third kappa shape index (κ3) is 3.02. The second-order valence-corrected chi connectivity index (χ2v) is 6.43. The van der Waals surface area contributed by atoms with E-state index >= 15 is 0 Å². The Kier molecular flexibility index (Phi) is 4.53. The quantitative estimate of drug-likeness (QED) is 0.897. The van der Waals surface area contributed by atoms with E-state index in [9.17, 15) is 0 Å². The predicted molar refractivity (Wildman–Crippen MR) is 79.7 cm³/mol. The number of ether oxygens (including phenoxy) is 1. The molecule has 0 amide bonds. The lowest BCUT2D eigenvalue weighted by atomic mass is 10.0. The molecule has 0 aromatic carbocycles. The number of rotatable bonds is 5. The van der Waals surface area contributed by atoms with E-state index < -0.39 is 0 Å². The van der Waals surface area contributed by atoms with E-state index in [-0.39, 0.29) is 0 Å². The highest BCUT2D eigenvalue weighted by molar-refractivity contribution is 7.07. The van der Waals surface area contributed by atoms with Crippen LogP contribution in [0.25, 0.3) is 0 Å². The van der Waals surface area contributed by atoms with Gasteiger partial charge in [-0.3, -0.25) is 4.90 Å². The highest BCUT2D eigenvalue weighted by Gasteiger charge is 2.36. The van der Waals surface area contributed by atoms with Crippen LogP contribution in [0.3, 0.4) is 0 Å². The van der Waals surface area contributed by atoms with Gasteiger partial charge >= 0.3 is 0 Å². The number of hydrogen-bond acceptors (Lipinski definition) is 4. The van der Waals surface area contributed by atoms with Gasteiger partial charge in [-0.05, 0) is 54.7 Å². The van der Waals surface area contributed by atoms with Gasteiger partial charge in [0.1, 0.15) is 0 Å². The second-order valence-electron chi connectivity index (χ2n) is 5.65. The van der Waals surface area contributed by atoms with Gasteiger partial charge in [0.05, 0.1) is 18.8 Å². The van der Waals surface area contributed by atoms with Crippen molar-refractivity contribution in [1.82, 2.24) is 10.2 Å². The normalized spacial score (nSPS) is 29.3. The first-order valence-corrected chi connectivity index (χ1v) is 8.44. The molecule has 2 aliphatic rings. The highest BCUT2D eigenvalue weighted by Crippen LogP contribution is 2.29. The minimum absolute atomic E-state index is 0.301. The molecule has 1 aromatic rings. The standard InChI is InChI=1S/C15H24N2OS/c1-2-6-16-15(12-5-8-19-11-12)14-9-17-7-3-4-13(17)10-18-14/h5,8,11,13-16H,2-4,6-7,9-10H2,1H3. The number of nitrogens with zero attached hydrogens (tertiary/aromatic N) is 1. The van der Waals surface area contributed by atoms with Crippen molar-refractivity contribution in [3.63, 3.8) is 0 Å². The van der Waals surface area contributed by atoms with Crippen molar-refractivity contribution in [2.75, 3.05) is 26.2 Å². The molecule has 3 rings (SSSR count). The lowest BCUT2D eigenvalue weighted by molar-refractivity contribution is -0.0651. The zero-order chi connectivity index (χ0) is 13.1. The summed E-state index contributed by atoms with van der Waals surface area (Å²) >= 11 is 1.78. The maximum Gasteiger partial charge on any atom is 0.0897 e. The molecule has 1 aromatic heterocycles. The first kappa shape index (κ1) is 13.6. The molecular weight excluding hydrogens is 256 g/mol. The van der Waals surface area contributed by atoms with E-state index in [1.54, 1.807) is 11.3 Å². The Morgan fingerprint density at radius 1 is 1.58 bits per heavy atom. The summed E-state index contributed by atoms with van der Waals surface area (Å²) in [6.45, 7) is 6.54. The maximum absolute atomic E-state index is 6.18. The topological polar surface area (TPSA) is 24.5 Å². The molecule has 2 aliphatic heterocycles. The molecule has 19 heavy (non-hydrogen) atoms. The van der Waals surface area contributed by atoms with E-state index in [4.69, 9.17) is 4.74 Å². The first-order chi connectivity index (χ1) is 9.38. The summed E-state index contributed by atoms with van der Waals surface area (Å²) in [6.07, 6.45) is 4.12. The van der Waals surface area contributed by atoms with E-state index in [1.807, 2.05) is 0 Å². The zero-order valence-electron chi connectivity index (χ0n) is 11.7. The molecule has 0 spiro atoms. The number of thiophene rings is 1. The zero-order valence-corrected chi connectivity index (χ0v) is 12.5. The molecule has 4 heteroatoms. The highest BCUT2D eigenvalue weighted by atomic mass is 32.1. The summed E-state index contributed by atoms with van der Waals surface area (Å²) in [5, 5.41) is 8.10. The second kappa shape index (κ2) is 6.35. The van der Waals surface area contributed by atoms with Gasteiger partial charge in [0.2, 0.25) is 0 Å². The summed E-state index contributed by atoms with van der Waals surface area (Å²) in [4.78, 5) is 2.63. The summed E-state index contributed by atoms with van der Waals surface area (Å²) in [7, 11) is 0. The molecule has 1 N–H and O–H groups in total. The monoisotopic (exact) mass is 280 g/mol. The number of nitrogens with one attached hydrogen (secondary N) is 1. The Balaban J connectivity index is 1.69. The average molecular weight is 280 g/mol. The smallest absolute Gasteiger partial charge is 0.0897 e. The summed E-state index contributed by atoms with van der Waals surface area (Å²) in [5.74, 6) is 0. The molecule has 3 unspecified atom stereocenters. The molecule has 106 valence electrons. The van der Waals surface area contributed by atoms with E-state index in [0.29, 0.717) is 18.2 Å². The van der Waals surface area contributed by atoms with E-state index in [0.717, 1.165) is 19.7 Å². The molecule has 3 nitrogen and oxygen atoms in total. The molecule has 0 bridgehead atoms. The SMILES string of the molecule is CCCNC(c1ccsc1)C1CN2CCCC2CO1. The lowest BCUT2D eigenvalue weighted by Gasteiger charge is -2.39. The van der Waals surface area contributed by atoms with Crippen molar-refractivity contribution in [3.8, 4) is 0 Å². The van der Waals surface area contributed by atoms with Crippen LogP contribution in [0.1, 0.15) is 37.8 Å². The fourth-order valence-electron chi connectivity index (χ4n) is 3.26. The number of hydrogen-bond donors (Lipinski definition) is 1. The molecule has 3 atom stereocenters. The molecular formula is C15H24N2OS. The Labute approximate surface area is 119 Å². The molecule has 2 fully saturated rings. The van der Waals surface area contributed by atoms with Gasteiger partial charge in [0.15, 0.2) is 0 Å². The molecule has 0 saturated carbocycles. The lowest BCUT2D eigenvalue weighted by Crippen LogP contribution is -2.50. The minimum atomic E-state index is 0.301. The molecule has 0 aliphatic carbocycles. The Morgan fingerprint density at radius 3 is 3.32 bits per heavy atom. The molecule has 0 radical (unpaired) electrons. The average Bonchev–Trinajstić information content (AvgIpc) is 3.09. The summed E-state index contributed by atoms with van der Waals surface area (Å²) in [5.41, 5.74) is 1.39. The van der Waals surface area contributed by atoms with E-state index in [2.05, 4.69) is 34.0 Å². The van der Waals surface area contributed by atoms with Gasteiger partial charge in [0.25, 0.3) is 0 Å². The maximum atomic E-state index is 6.18. The van der Waals surface area contributed by atoms with Crippen LogP contribution < -0.4 is 5.32 Å². The fourth-order valence-corrected chi connectivity index (χ4v) is 3.96. The van der Waals surface area contributed by atoms with Crippen molar-refractivity contribution in [3.05, 3.63) is 22.4 Å². The molecule has 2 saturated heterocycles. The van der Waals surface area contributed by atoms with E-state index in [1.165, 1.54) is 31.4 Å². The van der Waals surface area contributed by atoms with Crippen LogP contribution in [0.15, 0.2) is 16.8 Å². The van der Waals surface area contributed by atoms with Crippen LogP contribution in [0.2, 0.25) is 0 Å².